The third-order valence-electron chi connectivity index (χ3n) is 2.54. The van der Waals surface area contributed by atoms with Gasteiger partial charge < -0.3 is 15.5 Å². The SMILES string of the molecule is C=C(CN(C)C)N1CCC(N)C(F)C1. The second kappa shape index (κ2) is 4.75. The van der Waals surface area contributed by atoms with Gasteiger partial charge in [0.2, 0.25) is 0 Å². The molecule has 0 aromatic heterocycles. The van der Waals surface area contributed by atoms with Crippen LogP contribution in [0, 0.1) is 0 Å². The Labute approximate surface area is 85.4 Å². The van der Waals surface area contributed by atoms with Gasteiger partial charge in [0.05, 0.1) is 6.54 Å². The maximum Gasteiger partial charge on any atom is 0.133 e. The van der Waals surface area contributed by atoms with E-state index in [9.17, 15) is 4.39 Å². The summed E-state index contributed by atoms with van der Waals surface area (Å²) >= 11 is 0. The van der Waals surface area contributed by atoms with Crippen molar-refractivity contribution in [3.8, 4) is 0 Å². The lowest BCUT2D eigenvalue weighted by Gasteiger charge is -2.36. The minimum atomic E-state index is -0.914. The van der Waals surface area contributed by atoms with Gasteiger partial charge in [-0.2, -0.15) is 0 Å². The standard InChI is InChI=1S/C10H20FN3/c1-8(6-13(2)3)14-5-4-10(12)9(11)7-14/h9-10H,1,4-7,12H2,2-3H3. The van der Waals surface area contributed by atoms with E-state index < -0.39 is 6.17 Å². The van der Waals surface area contributed by atoms with Crippen LogP contribution in [0.5, 0.6) is 0 Å². The fourth-order valence-corrected chi connectivity index (χ4v) is 1.68. The second-order valence-electron chi connectivity index (χ2n) is 4.22. The smallest absolute Gasteiger partial charge is 0.133 e. The number of hydrogen-bond donors (Lipinski definition) is 1. The van der Waals surface area contributed by atoms with Crippen LogP contribution in [0.2, 0.25) is 0 Å². The Morgan fingerprint density at radius 2 is 2.29 bits per heavy atom. The van der Waals surface area contributed by atoms with Crippen molar-refractivity contribution < 1.29 is 4.39 Å². The first-order valence-corrected chi connectivity index (χ1v) is 4.98. The molecule has 0 spiro atoms. The topological polar surface area (TPSA) is 32.5 Å². The molecule has 1 aliphatic rings. The van der Waals surface area contributed by atoms with E-state index in [-0.39, 0.29) is 6.04 Å². The lowest BCUT2D eigenvalue weighted by Crippen LogP contribution is -2.48. The molecule has 2 atom stereocenters. The van der Waals surface area contributed by atoms with E-state index in [0.29, 0.717) is 13.0 Å². The maximum atomic E-state index is 13.3. The van der Waals surface area contributed by atoms with Gasteiger partial charge in [-0.3, -0.25) is 0 Å². The Bertz CT molecular complexity index is 206. The number of rotatable bonds is 3. The minimum Gasteiger partial charge on any atom is -0.371 e. The quantitative estimate of drug-likeness (QED) is 0.719. The van der Waals surface area contributed by atoms with Crippen LogP contribution < -0.4 is 5.73 Å². The molecular weight excluding hydrogens is 181 g/mol. The molecule has 0 radical (unpaired) electrons. The highest BCUT2D eigenvalue weighted by Crippen LogP contribution is 2.16. The maximum absolute atomic E-state index is 13.3. The summed E-state index contributed by atoms with van der Waals surface area (Å²) in [7, 11) is 3.96. The summed E-state index contributed by atoms with van der Waals surface area (Å²) in [4.78, 5) is 4.03. The van der Waals surface area contributed by atoms with Crippen molar-refractivity contribution in [3.05, 3.63) is 12.3 Å². The molecule has 1 heterocycles. The van der Waals surface area contributed by atoms with Crippen molar-refractivity contribution in [3.63, 3.8) is 0 Å². The fraction of sp³-hybridized carbons (Fsp3) is 0.800. The monoisotopic (exact) mass is 201 g/mol. The van der Waals surface area contributed by atoms with Crippen molar-refractivity contribution >= 4 is 0 Å². The Morgan fingerprint density at radius 3 is 2.79 bits per heavy atom. The molecule has 0 bridgehead atoms. The molecule has 1 fully saturated rings. The van der Waals surface area contributed by atoms with Crippen LogP contribution in [0.15, 0.2) is 12.3 Å². The lowest BCUT2D eigenvalue weighted by molar-refractivity contribution is 0.140. The number of piperidine rings is 1. The third kappa shape index (κ3) is 2.96. The first-order chi connectivity index (χ1) is 6.50. The molecule has 4 heteroatoms. The summed E-state index contributed by atoms with van der Waals surface area (Å²) in [5, 5.41) is 0. The molecule has 2 N–H and O–H groups in total. The normalized spacial score (nSPS) is 28.2. The molecule has 1 saturated heterocycles. The highest BCUT2D eigenvalue weighted by molar-refractivity contribution is 5.00. The van der Waals surface area contributed by atoms with E-state index in [1.54, 1.807) is 0 Å². The summed E-state index contributed by atoms with van der Waals surface area (Å²) < 4.78 is 13.3. The van der Waals surface area contributed by atoms with Gasteiger partial charge in [0.1, 0.15) is 6.17 Å². The summed E-state index contributed by atoms with van der Waals surface area (Å²) in [5.41, 5.74) is 6.58. The first-order valence-electron chi connectivity index (χ1n) is 4.98. The Morgan fingerprint density at radius 1 is 1.64 bits per heavy atom. The molecule has 1 rings (SSSR count). The van der Waals surface area contributed by atoms with Crippen LogP contribution >= 0.6 is 0 Å². The number of hydrogen-bond acceptors (Lipinski definition) is 3. The van der Waals surface area contributed by atoms with E-state index in [4.69, 9.17) is 5.73 Å². The molecular formula is C10H20FN3. The largest absolute Gasteiger partial charge is 0.371 e. The molecule has 14 heavy (non-hydrogen) atoms. The van der Waals surface area contributed by atoms with Crippen LogP contribution in [0.3, 0.4) is 0 Å². The van der Waals surface area contributed by atoms with Crippen LogP contribution in [-0.4, -0.2) is 55.7 Å². The van der Waals surface area contributed by atoms with Crippen molar-refractivity contribution in [1.82, 2.24) is 9.80 Å². The number of nitrogens with zero attached hydrogens (tertiary/aromatic N) is 2. The van der Waals surface area contributed by atoms with Gasteiger partial charge in [-0.25, -0.2) is 4.39 Å². The first kappa shape index (κ1) is 11.5. The lowest BCUT2D eigenvalue weighted by atomic mass is 10.0. The van der Waals surface area contributed by atoms with Crippen LogP contribution in [0.4, 0.5) is 4.39 Å². The van der Waals surface area contributed by atoms with E-state index in [1.165, 1.54) is 0 Å². The number of nitrogens with two attached hydrogens (primary N) is 1. The molecule has 82 valence electrons. The summed E-state index contributed by atoms with van der Waals surface area (Å²) in [6.45, 7) is 5.96. The Kier molecular flexibility index (Phi) is 3.89. The molecule has 0 aromatic carbocycles. The zero-order chi connectivity index (χ0) is 10.7. The summed E-state index contributed by atoms with van der Waals surface area (Å²) in [6, 6.07) is -0.293. The van der Waals surface area contributed by atoms with Gasteiger partial charge in [-0.05, 0) is 20.5 Å². The average Bonchev–Trinajstić information content (AvgIpc) is 2.08. The average molecular weight is 201 g/mol. The molecule has 0 saturated carbocycles. The predicted octanol–water partition coefficient (Wildman–Crippen LogP) is 0.433. The van der Waals surface area contributed by atoms with E-state index in [0.717, 1.165) is 18.8 Å². The van der Waals surface area contributed by atoms with Crippen molar-refractivity contribution in [2.45, 2.75) is 18.6 Å². The van der Waals surface area contributed by atoms with Crippen LogP contribution in [0.25, 0.3) is 0 Å². The van der Waals surface area contributed by atoms with Crippen LogP contribution in [0.1, 0.15) is 6.42 Å². The fourth-order valence-electron chi connectivity index (χ4n) is 1.68. The third-order valence-corrected chi connectivity index (χ3v) is 2.54. The van der Waals surface area contributed by atoms with Gasteiger partial charge >= 0.3 is 0 Å². The van der Waals surface area contributed by atoms with Gasteiger partial charge in [-0.1, -0.05) is 6.58 Å². The molecule has 3 nitrogen and oxygen atoms in total. The molecule has 0 aliphatic carbocycles. The van der Waals surface area contributed by atoms with E-state index in [2.05, 4.69) is 6.58 Å². The van der Waals surface area contributed by atoms with Crippen molar-refractivity contribution in [1.29, 1.82) is 0 Å². The number of likely N-dealkylation sites (tertiary alicyclic amines) is 1. The van der Waals surface area contributed by atoms with Gasteiger partial charge in [0, 0.05) is 24.8 Å². The Balaban J connectivity index is 2.42. The zero-order valence-corrected chi connectivity index (χ0v) is 9.04. The molecule has 0 aromatic rings. The van der Waals surface area contributed by atoms with Crippen molar-refractivity contribution in [2.24, 2.45) is 5.73 Å². The molecule has 0 amide bonds. The highest BCUT2D eigenvalue weighted by atomic mass is 19.1. The number of alkyl halides is 1. The minimum absolute atomic E-state index is 0.293. The number of halogens is 1. The molecule has 2 unspecified atom stereocenters. The predicted molar refractivity (Wildman–Crippen MR) is 56.8 cm³/mol. The molecule has 1 aliphatic heterocycles. The van der Waals surface area contributed by atoms with E-state index in [1.807, 2.05) is 23.9 Å². The zero-order valence-electron chi connectivity index (χ0n) is 9.04. The van der Waals surface area contributed by atoms with Gasteiger partial charge in [0.25, 0.3) is 0 Å². The number of likely N-dealkylation sites (N-methyl/N-ethyl adjacent to an activating group) is 1. The summed E-state index contributed by atoms with van der Waals surface area (Å²) in [5.74, 6) is 0. The van der Waals surface area contributed by atoms with Crippen LogP contribution in [-0.2, 0) is 0 Å². The van der Waals surface area contributed by atoms with E-state index >= 15 is 0 Å². The Hall–Kier alpha value is -0.610. The summed E-state index contributed by atoms with van der Waals surface area (Å²) in [6.07, 6.45) is -0.198. The highest BCUT2D eigenvalue weighted by Gasteiger charge is 2.26. The van der Waals surface area contributed by atoms with Gasteiger partial charge in [-0.15, -0.1) is 0 Å². The van der Waals surface area contributed by atoms with Gasteiger partial charge in [0.15, 0.2) is 0 Å². The van der Waals surface area contributed by atoms with Crippen molar-refractivity contribution in [2.75, 3.05) is 33.7 Å². The second-order valence-corrected chi connectivity index (χ2v) is 4.22.